The Morgan fingerprint density at radius 1 is 1.00 bits per heavy atom. The second kappa shape index (κ2) is 16.5. The summed E-state index contributed by atoms with van der Waals surface area (Å²) in [5.74, 6) is -1.67. The lowest BCUT2D eigenvalue weighted by atomic mass is 10.1. The quantitative estimate of drug-likeness (QED) is 0.122. The molecule has 17 nitrogen and oxygen atoms in total. The van der Waals surface area contributed by atoms with E-state index in [1.54, 1.807) is 71.2 Å². The number of rotatable bonds is 15. The van der Waals surface area contributed by atoms with Crippen molar-refractivity contribution in [2.45, 2.75) is 148 Å². The summed E-state index contributed by atoms with van der Waals surface area (Å²) in [6.07, 6.45) is 1.35. The summed E-state index contributed by atoms with van der Waals surface area (Å²) < 4.78 is 62.6. The molecule has 0 N–H and O–H groups in total. The topological polar surface area (TPSA) is 189 Å². The molecule has 2 aromatic rings. The predicted octanol–water partition coefficient (Wildman–Crippen LogP) is 5.66. The molecular weight excluding hydrogens is 725 g/mol. The van der Waals surface area contributed by atoms with E-state index in [0.717, 1.165) is 25.7 Å². The fraction of sp³-hybridized carbons (Fsp3) is 0.778. The van der Waals surface area contributed by atoms with E-state index < -0.39 is 66.7 Å². The molecule has 0 radical (unpaired) electrons. The summed E-state index contributed by atoms with van der Waals surface area (Å²) in [4.78, 5) is 50.9. The minimum atomic E-state index is -3.71. The van der Waals surface area contributed by atoms with Crippen molar-refractivity contribution in [1.29, 1.82) is 0 Å². The number of fused-ring (bicyclic) bond motifs is 2. The van der Waals surface area contributed by atoms with Crippen molar-refractivity contribution in [3.63, 3.8) is 0 Å². The maximum Gasteiger partial charge on any atom is 0.416 e. The van der Waals surface area contributed by atoms with Crippen LogP contribution in [0.5, 0.6) is 0 Å². The first-order valence-electron chi connectivity index (χ1n) is 18.8. The number of hydrogen-bond acceptors (Lipinski definition) is 15. The summed E-state index contributed by atoms with van der Waals surface area (Å²) in [5.41, 5.74) is -0.444. The minimum absolute atomic E-state index is 0.0141. The summed E-state index contributed by atoms with van der Waals surface area (Å²) in [7, 11) is -3.71. The van der Waals surface area contributed by atoms with Gasteiger partial charge in [0, 0.05) is 19.1 Å². The molecule has 1 aliphatic carbocycles. The molecular formula is C36H56N5O12P. The molecule has 4 heterocycles. The van der Waals surface area contributed by atoms with Crippen LogP contribution in [0.1, 0.15) is 106 Å². The lowest BCUT2D eigenvalue weighted by Gasteiger charge is -2.34. The number of ether oxygens (including phenoxy) is 7. The Morgan fingerprint density at radius 2 is 1.67 bits per heavy atom. The van der Waals surface area contributed by atoms with Crippen LogP contribution in [0.3, 0.4) is 0 Å². The molecule has 3 fully saturated rings. The molecule has 18 heteroatoms. The maximum absolute atomic E-state index is 13.9. The van der Waals surface area contributed by atoms with Gasteiger partial charge in [-0.2, -0.15) is 5.10 Å². The zero-order chi connectivity index (χ0) is 39.6. The molecule has 0 bridgehead atoms. The molecule has 54 heavy (non-hydrogen) atoms. The molecule has 0 aromatic carbocycles. The second-order valence-corrected chi connectivity index (χ2v) is 18.1. The summed E-state index contributed by atoms with van der Waals surface area (Å²) >= 11 is 0. The Balaban J connectivity index is 1.56. The molecule has 2 aromatic heterocycles. The summed E-state index contributed by atoms with van der Waals surface area (Å²) in [6, 6.07) is -0.180. The molecule has 2 aliphatic heterocycles. The molecule has 6 atom stereocenters. The highest BCUT2D eigenvalue weighted by molar-refractivity contribution is 7.60. The van der Waals surface area contributed by atoms with Crippen molar-refractivity contribution >= 4 is 42.3 Å². The van der Waals surface area contributed by atoms with Crippen LogP contribution >= 0.6 is 7.37 Å². The number of carbonyl (C=O) groups is 3. The van der Waals surface area contributed by atoms with Crippen molar-refractivity contribution in [3.8, 4) is 0 Å². The van der Waals surface area contributed by atoms with Crippen LogP contribution in [0.2, 0.25) is 0 Å². The average Bonchev–Trinajstić information content (AvgIpc) is 3.87. The molecule has 0 spiro atoms. The SMILES string of the molecule is CCOC(=O)CCc1nc(N(C(=O)OC(C)(C)C)C2CCCC2)c2cnn([C@@H]3O[C@H](COC(C)(C(=O)OCC)P(C)(=O)OCC)[C@H]4OC(C)(C)O[C@H]43)c2n1. The largest absolute Gasteiger partial charge is 0.466 e. The van der Waals surface area contributed by atoms with Crippen LogP contribution in [0.4, 0.5) is 10.6 Å². The second-order valence-electron chi connectivity index (χ2n) is 15.3. The van der Waals surface area contributed by atoms with E-state index >= 15 is 0 Å². The van der Waals surface area contributed by atoms with Crippen LogP contribution in [-0.2, 0) is 58.3 Å². The zero-order valence-corrected chi connectivity index (χ0v) is 34.0. The average molecular weight is 782 g/mol. The van der Waals surface area contributed by atoms with E-state index in [1.165, 1.54) is 13.6 Å². The number of esters is 2. The van der Waals surface area contributed by atoms with E-state index in [-0.39, 0.29) is 51.1 Å². The lowest BCUT2D eigenvalue weighted by Crippen LogP contribution is -2.44. The Labute approximate surface area is 316 Å². The highest BCUT2D eigenvalue weighted by atomic mass is 31.2. The van der Waals surface area contributed by atoms with Gasteiger partial charge in [-0.1, -0.05) is 12.8 Å². The van der Waals surface area contributed by atoms with Crippen LogP contribution in [-0.4, -0.2) is 112 Å². The number of hydrogen-bond donors (Lipinski definition) is 0. The number of aryl methyl sites for hydroxylation is 1. The van der Waals surface area contributed by atoms with Gasteiger partial charge in [-0.05, 0) is 75.2 Å². The van der Waals surface area contributed by atoms with Crippen LogP contribution in [0.25, 0.3) is 11.0 Å². The Kier molecular flexibility index (Phi) is 12.8. The number of amides is 1. The van der Waals surface area contributed by atoms with Crippen molar-refractivity contribution in [1.82, 2.24) is 19.7 Å². The third kappa shape index (κ3) is 8.92. The van der Waals surface area contributed by atoms with Crippen LogP contribution < -0.4 is 4.90 Å². The molecule has 1 saturated carbocycles. The first-order valence-corrected chi connectivity index (χ1v) is 20.9. The van der Waals surface area contributed by atoms with E-state index in [4.69, 9.17) is 52.7 Å². The number of carbonyl (C=O) groups excluding carboxylic acids is 3. The van der Waals surface area contributed by atoms with Crippen molar-refractivity contribution in [2.24, 2.45) is 0 Å². The minimum Gasteiger partial charge on any atom is -0.466 e. The van der Waals surface area contributed by atoms with Gasteiger partial charge in [0.25, 0.3) is 0 Å². The third-order valence-electron chi connectivity index (χ3n) is 9.55. The smallest absolute Gasteiger partial charge is 0.416 e. The Bertz CT molecular complexity index is 1720. The number of anilines is 1. The van der Waals surface area contributed by atoms with Crippen molar-refractivity contribution in [3.05, 3.63) is 12.0 Å². The highest BCUT2D eigenvalue weighted by Crippen LogP contribution is 2.57. The van der Waals surface area contributed by atoms with Gasteiger partial charge < -0.3 is 37.7 Å². The fourth-order valence-electron chi connectivity index (χ4n) is 6.98. The summed E-state index contributed by atoms with van der Waals surface area (Å²) in [6.45, 7) is 16.9. The molecule has 5 rings (SSSR count). The predicted molar refractivity (Wildman–Crippen MR) is 195 cm³/mol. The van der Waals surface area contributed by atoms with E-state index in [0.29, 0.717) is 16.9 Å². The lowest BCUT2D eigenvalue weighted by molar-refractivity contribution is -0.207. The zero-order valence-electron chi connectivity index (χ0n) is 33.1. The summed E-state index contributed by atoms with van der Waals surface area (Å²) in [5, 5.41) is 3.24. The van der Waals surface area contributed by atoms with Crippen molar-refractivity contribution in [2.75, 3.05) is 38.0 Å². The van der Waals surface area contributed by atoms with Gasteiger partial charge in [0.1, 0.15) is 29.7 Å². The standard InChI is InChI=1S/C36H56N5O12P/c1-11-46-26(42)19-18-25-38-29(40(22-16-14-15-17-22)33(44)53-34(4,5)6)23-20-37-41(30(23)39-25)31-28-27(51-35(7,8)52-28)24(50-31)21-48-36(9,32(43)47-12-2)54(10,45)49-13-3/h20,22,24,27-28,31H,11-19,21H2,1-10H3/t24-,27-,28-,31-,36?,54?/m1/s1. The Morgan fingerprint density at radius 3 is 2.30 bits per heavy atom. The number of nitrogens with zero attached hydrogens (tertiary/aromatic N) is 5. The van der Waals surface area contributed by atoms with Gasteiger partial charge in [0.15, 0.2) is 23.5 Å². The van der Waals surface area contributed by atoms with Crippen LogP contribution in [0.15, 0.2) is 6.20 Å². The molecule has 2 saturated heterocycles. The van der Waals surface area contributed by atoms with Crippen molar-refractivity contribution < 1.29 is 56.6 Å². The van der Waals surface area contributed by atoms with Gasteiger partial charge >= 0.3 is 18.0 Å². The first-order chi connectivity index (χ1) is 25.3. The van der Waals surface area contributed by atoms with Gasteiger partial charge in [-0.15, -0.1) is 0 Å². The van der Waals surface area contributed by atoms with E-state index in [2.05, 4.69) is 0 Å². The molecule has 302 valence electrons. The molecule has 3 aliphatic rings. The van der Waals surface area contributed by atoms with Gasteiger partial charge in [0.2, 0.25) is 12.7 Å². The van der Waals surface area contributed by atoms with Crippen LogP contribution in [0, 0.1) is 0 Å². The van der Waals surface area contributed by atoms with Gasteiger partial charge in [-0.25, -0.2) is 24.2 Å². The normalized spacial score (nSPS) is 24.9. The fourth-order valence-corrected chi connectivity index (χ4v) is 8.42. The Hall–Kier alpha value is -3.21. The first kappa shape index (κ1) is 41.9. The van der Waals surface area contributed by atoms with E-state index in [1.807, 2.05) is 0 Å². The third-order valence-corrected chi connectivity index (χ3v) is 12.2. The van der Waals surface area contributed by atoms with Gasteiger partial charge in [-0.3, -0.25) is 14.3 Å². The van der Waals surface area contributed by atoms with E-state index in [9.17, 15) is 18.9 Å². The number of aromatic nitrogens is 4. The maximum atomic E-state index is 13.9. The van der Waals surface area contributed by atoms with Gasteiger partial charge in [0.05, 0.1) is 44.4 Å². The molecule has 2 unspecified atom stereocenters. The highest BCUT2D eigenvalue weighted by Gasteiger charge is 2.58. The molecule has 1 amide bonds. The monoisotopic (exact) mass is 781 g/mol.